The summed E-state index contributed by atoms with van der Waals surface area (Å²) < 4.78 is 23.3. The molecule has 3 N–H and O–H groups in total. The Hall–Kier alpha value is -2.08. The van der Waals surface area contributed by atoms with E-state index in [9.17, 15) is 9.18 Å². The number of hydrogen-bond donors (Lipinski definition) is 2. The van der Waals surface area contributed by atoms with Gasteiger partial charge in [-0.1, -0.05) is 0 Å². The van der Waals surface area contributed by atoms with Crippen molar-refractivity contribution in [1.29, 1.82) is 0 Å². The zero-order valence-corrected chi connectivity index (χ0v) is 11.6. The fourth-order valence-corrected chi connectivity index (χ4v) is 2.18. The van der Waals surface area contributed by atoms with Crippen molar-refractivity contribution in [3.63, 3.8) is 0 Å². The number of aromatic amines is 1. The molecule has 1 atom stereocenters. The number of aromatic nitrogens is 1. The number of nitrogens with two attached hydrogens (primary N) is 1. The molecule has 2 rings (SSSR count). The quantitative estimate of drug-likeness (QED) is 0.836. The molecule has 0 bridgehead atoms. The van der Waals surface area contributed by atoms with Gasteiger partial charge in [0, 0.05) is 29.6 Å². The zero-order valence-electron chi connectivity index (χ0n) is 11.6. The van der Waals surface area contributed by atoms with E-state index in [1.54, 1.807) is 19.2 Å². The Bertz CT molecular complexity index is 649. The minimum atomic E-state index is -1.15. The predicted molar refractivity (Wildman–Crippen MR) is 73.1 cm³/mol. The number of H-pyrrole nitrogens is 1. The van der Waals surface area contributed by atoms with Crippen LogP contribution in [-0.2, 0) is 16.0 Å². The Kier molecular flexibility index (Phi) is 3.67. The largest absolute Gasteiger partial charge is 0.494 e. The lowest BCUT2D eigenvalue weighted by Gasteiger charge is -2.20. The Labute approximate surface area is 115 Å². The second-order valence-electron chi connectivity index (χ2n) is 4.93. The molecule has 1 heterocycles. The minimum Gasteiger partial charge on any atom is -0.494 e. The summed E-state index contributed by atoms with van der Waals surface area (Å²) in [4.78, 5) is 14.6. The maximum absolute atomic E-state index is 13.6. The lowest BCUT2D eigenvalue weighted by Crippen LogP contribution is -2.47. The lowest BCUT2D eigenvalue weighted by atomic mass is 9.94. The van der Waals surface area contributed by atoms with Gasteiger partial charge in [-0.25, -0.2) is 4.39 Å². The molecule has 6 heteroatoms. The van der Waals surface area contributed by atoms with Gasteiger partial charge in [0.2, 0.25) is 0 Å². The molecular weight excluding hydrogens is 263 g/mol. The molecule has 0 radical (unpaired) electrons. The van der Waals surface area contributed by atoms with Crippen LogP contribution in [0.5, 0.6) is 5.75 Å². The molecule has 0 saturated heterocycles. The summed E-state index contributed by atoms with van der Waals surface area (Å²) in [5.74, 6) is -0.798. The summed E-state index contributed by atoms with van der Waals surface area (Å²) in [5, 5.41) is 0.767. The third-order valence-corrected chi connectivity index (χ3v) is 3.25. The van der Waals surface area contributed by atoms with Crippen molar-refractivity contribution in [3.8, 4) is 5.75 Å². The van der Waals surface area contributed by atoms with E-state index in [4.69, 9.17) is 10.5 Å². The third kappa shape index (κ3) is 2.46. The first kappa shape index (κ1) is 14.3. The van der Waals surface area contributed by atoms with Crippen LogP contribution in [-0.4, -0.2) is 30.7 Å². The summed E-state index contributed by atoms with van der Waals surface area (Å²) in [6.45, 7) is 1.60. The van der Waals surface area contributed by atoms with Gasteiger partial charge in [-0.3, -0.25) is 4.79 Å². The van der Waals surface area contributed by atoms with Crippen LogP contribution in [0.4, 0.5) is 4.39 Å². The number of halogens is 1. The summed E-state index contributed by atoms with van der Waals surface area (Å²) >= 11 is 0. The average Bonchev–Trinajstić information content (AvgIpc) is 2.78. The van der Waals surface area contributed by atoms with Crippen LogP contribution in [0.1, 0.15) is 12.5 Å². The number of methoxy groups -OCH3 is 2. The van der Waals surface area contributed by atoms with E-state index in [-0.39, 0.29) is 12.2 Å². The van der Waals surface area contributed by atoms with E-state index in [1.807, 2.05) is 0 Å². The SMILES string of the molecule is COC(=O)C(C)(N)Cc1c[nH]c2cc(F)c(OC)cc12. The van der Waals surface area contributed by atoms with Gasteiger partial charge in [0.05, 0.1) is 14.2 Å². The molecule has 1 unspecified atom stereocenters. The van der Waals surface area contributed by atoms with Gasteiger partial charge in [-0.15, -0.1) is 0 Å². The Morgan fingerprint density at radius 1 is 1.45 bits per heavy atom. The molecule has 0 aliphatic carbocycles. The summed E-state index contributed by atoms with van der Waals surface area (Å²) in [6, 6.07) is 2.94. The number of rotatable bonds is 4. The van der Waals surface area contributed by atoms with Crippen molar-refractivity contribution < 1.29 is 18.7 Å². The molecule has 1 aromatic heterocycles. The number of fused-ring (bicyclic) bond motifs is 1. The molecule has 0 amide bonds. The second-order valence-corrected chi connectivity index (χ2v) is 4.93. The first-order chi connectivity index (χ1) is 9.39. The number of ether oxygens (including phenoxy) is 2. The number of carbonyl (C=O) groups is 1. The van der Waals surface area contributed by atoms with Crippen LogP contribution in [0.15, 0.2) is 18.3 Å². The number of benzene rings is 1. The molecule has 1 aromatic carbocycles. The average molecular weight is 280 g/mol. The van der Waals surface area contributed by atoms with E-state index >= 15 is 0 Å². The first-order valence-electron chi connectivity index (χ1n) is 6.10. The van der Waals surface area contributed by atoms with Crippen molar-refractivity contribution in [2.24, 2.45) is 5.73 Å². The predicted octanol–water partition coefficient (Wildman–Crippen LogP) is 1.75. The van der Waals surface area contributed by atoms with E-state index < -0.39 is 17.3 Å². The van der Waals surface area contributed by atoms with Crippen LogP contribution in [0.2, 0.25) is 0 Å². The molecule has 0 aliphatic heterocycles. The third-order valence-electron chi connectivity index (χ3n) is 3.25. The van der Waals surface area contributed by atoms with Gasteiger partial charge in [-0.2, -0.15) is 0 Å². The Morgan fingerprint density at radius 2 is 2.15 bits per heavy atom. The van der Waals surface area contributed by atoms with Crippen molar-refractivity contribution in [1.82, 2.24) is 4.98 Å². The van der Waals surface area contributed by atoms with Gasteiger partial charge in [-0.05, 0) is 18.6 Å². The van der Waals surface area contributed by atoms with Crippen molar-refractivity contribution >= 4 is 16.9 Å². The van der Waals surface area contributed by atoms with Gasteiger partial charge in [0.1, 0.15) is 5.54 Å². The van der Waals surface area contributed by atoms with E-state index in [2.05, 4.69) is 9.72 Å². The van der Waals surface area contributed by atoms with Gasteiger partial charge >= 0.3 is 5.97 Å². The molecule has 5 nitrogen and oxygen atoms in total. The molecule has 0 saturated carbocycles. The maximum Gasteiger partial charge on any atom is 0.325 e. The first-order valence-corrected chi connectivity index (χ1v) is 6.10. The second kappa shape index (κ2) is 5.13. The van der Waals surface area contributed by atoms with Crippen LogP contribution in [0.3, 0.4) is 0 Å². The van der Waals surface area contributed by atoms with Crippen LogP contribution in [0.25, 0.3) is 10.9 Å². The molecule has 0 fully saturated rings. The Balaban J connectivity index is 2.43. The molecule has 2 aromatic rings. The highest BCUT2D eigenvalue weighted by atomic mass is 19.1. The minimum absolute atomic E-state index is 0.148. The van der Waals surface area contributed by atoms with Gasteiger partial charge in [0.15, 0.2) is 11.6 Å². The summed E-state index contributed by atoms with van der Waals surface area (Å²) in [5.41, 5.74) is 6.24. The fraction of sp³-hybridized carbons (Fsp3) is 0.357. The smallest absolute Gasteiger partial charge is 0.325 e. The Morgan fingerprint density at radius 3 is 2.75 bits per heavy atom. The van der Waals surface area contributed by atoms with Gasteiger partial charge in [0.25, 0.3) is 0 Å². The monoisotopic (exact) mass is 280 g/mol. The number of esters is 1. The van der Waals surface area contributed by atoms with Gasteiger partial charge < -0.3 is 20.2 Å². The lowest BCUT2D eigenvalue weighted by molar-refractivity contribution is -0.146. The fourth-order valence-electron chi connectivity index (χ4n) is 2.18. The molecule has 0 aliphatic rings. The highest BCUT2D eigenvalue weighted by Crippen LogP contribution is 2.28. The molecular formula is C14H17FN2O3. The summed E-state index contributed by atoms with van der Waals surface area (Å²) in [7, 11) is 2.69. The van der Waals surface area contributed by atoms with Crippen molar-refractivity contribution in [3.05, 3.63) is 29.7 Å². The van der Waals surface area contributed by atoms with E-state index in [0.717, 1.165) is 10.9 Å². The van der Waals surface area contributed by atoms with Crippen LogP contribution < -0.4 is 10.5 Å². The molecule has 0 spiro atoms. The number of nitrogens with one attached hydrogen (secondary N) is 1. The standard InChI is InChI=1S/C14H17FN2O3/c1-14(16,13(18)20-3)6-8-7-17-11-5-10(15)12(19-2)4-9(8)11/h4-5,7,17H,6,16H2,1-3H3. The topological polar surface area (TPSA) is 77.3 Å². The maximum atomic E-state index is 13.6. The molecule has 20 heavy (non-hydrogen) atoms. The van der Waals surface area contributed by atoms with E-state index in [0.29, 0.717) is 5.52 Å². The van der Waals surface area contributed by atoms with E-state index in [1.165, 1.54) is 20.3 Å². The normalized spacial score (nSPS) is 14.1. The number of carbonyl (C=O) groups excluding carboxylic acids is 1. The van der Waals surface area contributed by atoms with Crippen LogP contribution >= 0.6 is 0 Å². The van der Waals surface area contributed by atoms with Crippen molar-refractivity contribution in [2.45, 2.75) is 18.9 Å². The highest BCUT2D eigenvalue weighted by molar-refractivity contribution is 5.87. The van der Waals surface area contributed by atoms with Crippen molar-refractivity contribution in [2.75, 3.05) is 14.2 Å². The highest BCUT2D eigenvalue weighted by Gasteiger charge is 2.30. The van der Waals surface area contributed by atoms with Crippen LogP contribution in [0, 0.1) is 5.82 Å². The zero-order chi connectivity index (χ0) is 14.9. The molecule has 108 valence electrons. The summed E-state index contributed by atoms with van der Waals surface area (Å²) in [6.07, 6.45) is 1.98. The number of hydrogen-bond acceptors (Lipinski definition) is 4.